The number of nitrogens with two attached hydrogens (primary N) is 3. The molecule has 15 heteroatoms. The molecule has 14 nitrogen and oxygen atoms in total. The van der Waals surface area contributed by atoms with Crippen LogP contribution in [0.3, 0.4) is 0 Å². The summed E-state index contributed by atoms with van der Waals surface area (Å²) in [4.78, 5) is 58.9. The van der Waals surface area contributed by atoms with Crippen LogP contribution in [0.5, 0.6) is 0 Å². The lowest BCUT2D eigenvalue weighted by atomic mass is 10.1. The molecule has 0 spiro atoms. The summed E-state index contributed by atoms with van der Waals surface area (Å²) in [5, 5.41) is 16.7. The predicted octanol–water partition coefficient (Wildman–Crippen LogP) is -3.57. The Morgan fingerprint density at radius 1 is 1.12 bits per heavy atom. The second kappa shape index (κ2) is 13.9. The fraction of sp³-hybridized carbons (Fsp3) is 0.529. The van der Waals surface area contributed by atoms with Gasteiger partial charge in [0.05, 0.1) is 12.9 Å². The molecule has 0 saturated carbocycles. The van der Waals surface area contributed by atoms with Gasteiger partial charge >= 0.3 is 5.97 Å². The van der Waals surface area contributed by atoms with E-state index in [0.29, 0.717) is 12.1 Å². The fourth-order valence-corrected chi connectivity index (χ4v) is 2.84. The number of rotatable bonds is 14. The lowest BCUT2D eigenvalue weighted by Gasteiger charge is -2.23. The van der Waals surface area contributed by atoms with Crippen LogP contribution in [-0.2, 0) is 25.6 Å². The van der Waals surface area contributed by atoms with Crippen molar-refractivity contribution in [2.24, 2.45) is 22.2 Å². The number of carboxylic acids is 1. The van der Waals surface area contributed by atoms with Gasteiger partial charge in [-0.05, 0) is 12.8 Å². The highest BCUT2D eigenvalue weighted by Crippen LogP contribution is 2.04. The molecule has 0 aliphatic carbocycles. The zero-order valence-electron chi connectivity index (χ0n) is 17.3. The van der Waals surface area contributed by atoms with Crippen molar-refractivity contribution in [1.82, 2.24) is 25.9 Å². The molecular weight excluding hydrogens is 442 g/mol. The molecule has 1 heterocycles. The third-order valence-corrected chi connectivity index (χ3v) is 4.56. The molecule has 0 bridgehead atoms. The van der Waals surface area contributed by atoms with Gasteiger partial charge in [0.15, 0.2) is 5.96 Å². The molecule has 1 aromatic heterocycles. The van der Waals surface area contributed by atoms with Gasteiger partial charge in [0.25, 0.3) is 0 Å². The Labute approximate surface area is 189 Å². The Morgan fingerprint density at radius 2 is 1.78 bits per heavy atom. The number of guanidine groups is 1. The highest BCUT2D eigenvalue weighted by atomic mass is 32.1. The molecule has 11 N–H and O–H groups in total. The first kappa shape index (κ1) is 26.7. The normalized spacial score (nSPS) is 13.3. The maximum absolute atomic E-state index is 12.8. The topological polar surface area (TPSA) is 244 Å². The summed E-state index contributed by atoms with van der Waals surface area (Å²) in [6.45, 7) is -0.128. The van der Waals surface area contributed by atoms with Crippen molar-refractivity contribution in [2.45, 2.75) is 37.4 Å². The van der Waals surface area contributed by atoms with Crippen LogP contribution in [0.4, 0.5) is 0 Å². The molecule has 1 aromatic rings. The number of imidazole rings is 1. The largest absolute Gasteiger partial charge is 0.480 e. The van der Waals surface area contributed by atoms with E-state index >= 15 is 0 Å². The minimum Gasteiger partial charge on any atom is -0.480 e. The SMILES string of the molecule is NCC(=O)NC(CS)C(=O)NC(Cc1cnc[nH]1)C(=O)NC(CCCN=C(N)N)C(=O)O. The van der Waals surface area contributed by atoms with Gasteiger partial charge in [0.1, 0.15) is 18.1 Å². The maximum atomic E-state index is 12.8. The predicted molar refractivity (Wildman–Crippen MR) is 119 cm³/mol. The summed E-state index contributed by atoms with van der Waals surface area (Å²) >= 11 is 4.04. The summed E-state index contributed by atoms with van der Waals surface area (Å²) in [6, 6.07) is -3.42. The minimum atomic E-state index is -1.25. The first-order chi connectivity index (χ1) is 15.2. The van der Waals surface area contributed by atoms with Gasteiger partial charge in [-0.1, -0.05) is 0 Å². The molecule has 3 unspecified atom stereocenters. The van der Waals surface area contributed by atoms with Gasteiger partial charge in [0, 0.05) is 30.6 Å². The van der Waals surface area contributed by atoms with Crippen LogP contribution in [0, 0.1) is 0 Å². The lowest BCUT2D eigenvalue weighted by Crippen LogP contribution is -2.57. The molecular formula is C17H29N9O5S. The number of carbonyl (C=O) groups is 4. The van der Waals surface area contributed by atoms with Gasteiger partial charge in [-0.15, -0.1) is 0 Å². The van der Waals surface area contributed by atoms with Crippen molar-refractivity contribution in [3.63, 3.8) is 0 Å². The Morgan fingerprint density at radius 3 is 2.31 bits per heavy atom. The van der Waals surface area contributed by atoms with E-state index in [1.165, 1.54) is 12.5 Å². The van der Waals surface area contributed by atoms with Crippen molar-refractivity contribution in [2.75, 3.05) is 18.8 Å². The summed E-state index contributed by atoms with van der Waals surface area (Å²) in [5.41, 5.74) is 16.2. The molecule has 0 saturated heterocycles. The van der Waals surface area contributed by atoms with Crippen LogP contribution in [0.2, 0.25) is 0 Å². The zero-order valence-corrected chi connectivity index (χ0v) is 18.2. The number of aliphatic carboxylic acids is 1. The average Bonchev–Trinajstić information content (AvgIpc) is 3.25. The second-order valence-electron chi connectivity index (χ2n) is 6.70. The van der Waals surface area contributed by atoms with E-state index in [1.807, 2.05) is 0 Å². The van der Waals surface area contributed by atoms with Gasteiger partial charge in [0.2, 0.25) is 17.7 Å². The Bertz CT molecular complexity index is 798. The first-order valence-corrected chi connectivity index (χ1v) is 10.3. The van der Waals surface area contributed by atoms with E-state index in [0.717, 1.165) is 0 Å². The third kappa shape index (κ3) is 9.65. The Balaban J connectivity index is 2.89. The van der Waals surface area contributed by atoms with Crippen molar-refractivity contribution in [3.05, 3.63) is 18.2 Å². The van der Waals surface area contributed by atoms with Crippen molar-refractivity contribution in [3.8, 4) is 0 Å². The quantitative estimate of drug-likeness (QED) is 0.0563. The highest BCUT2D eigenvalue weighted by molar-refractivity contribution is 7.80. The molecule has 0 aromatic carbocycles. The zero-order chi connectivity index (χ0) is 24.1. The van der Waals surface area contributed by atoms with Crippen molar-refractivity contribution in [1.29, 1.82) is 0 Å². The Hall–Kier alpha value is -3.33. The molecule has 3 atom stereocenters. The number of nitrogens with one attached hydrogen (secondary N) is 4. The number of hydrogen-bond acceptors (Lipinski definition) is 8. The number of aliphatic imine (C=N–C) groups is 1. The molecule has 32 heavy (non-hydrogen) atoms. The molecule has 0 radical (unpaired) electrons. The molecule has 3 amide bonds. The number of amides is 3. The molecule has 0 aliphatic rings. The monoisotopic (exact) mass is 471 g/mol. The van der Waals surface area contributed by atoms with Gasteiger partial charge in [-0.25, -0.2) is 9.78 Å². The summed E-state index contributed by atoms with van der Waals surface area (Å²) in [6.07, 6.45) is 3.23. The molecule has 178 valence electrons. The van der Waals surface area contributed by atoms with E-state index in [4.69, 9.17) is 17.2 Å². The number of nitrogens with zero attached hydrogens (tertiary/aromatic N) is 2. The molecule has 1 rings (SSSR count). The third-order valence-electron chi connectivity index (χ3n) is 4.19. The molecule has 0 fully saturated rings. The first-order valence-electron chi connectivity index (χ1n) is 9.64. The number of aromatic nitrogens is 2. The minimum absolute atomic E-state index is 0.00202. The lowest BCUT2D eigenvalue weighted by molar-refractivity contribution is -0.142. The summed E-state index contributed by atoms with van der Waals surface area (Å²) in [7, 11) is 0. The number of carboxylic acid groups (broad SMARTS) is 1. The standard InChI is InChI=1S/C17H29N9O5S/c18-5-13(27)24-12(7-32)15(29)26-11(4-9-6-21-8-23-9)14(28)25-10(16(30)31)2-1-3-22-17(19)20/h6,8,10-12,32H,1-5,7,18H2,(H,21,23)(H,24,27)(H,25,28)(H,26,29)(H,30,31)(H4,19,20,22). The molecule has 0 aliphatic heterocycles. The number of carbonyl (C=O) groups excluding carboxylic acids is 3. The van der Waals surface area contributed by atoms with Gasteiger partial charge in [-0.3, -0.25) is 19.4 Å². The van der Waals surface area contributed by atoms with Crippen LogP contribution >= 0.6 is 12.6 Å². The fourth-order valence-electron chi connectivity index (χ4n) is 2.58. The number of thiol groups is 1. The summed E-state index contributed by atoms with van der Waals surface area (Å²) in [5.74, 6) is -3.40. The van der Waals surface area contributed by atoms with Gasteiger partial charge < -0.3 is 43.2 Å². The van der Waals surface area contributed by atoms with E-state index < -0.39 is 41.8 Å². The van der Waals surface area contributed by atoms with Gasteiger partial charge in [-0.2, -0.15) is 12.6 Å². The van der Waals surface area contributed by atoms with E-state index in [1.54, 1.807) is 0 Å². The van der Waals surface area contributed by atoms with Crippen LogP contribution in [-0.4, -0.2) is 81.7 Å². The van der Waals surface area contributed by atoms with Crippen LogP contribution < -0.4 is 33.2 Å². The number of hydrogen-bond donors (Lipinski definition) is 9. The Kier molecular flexibility index (Phi) is 11.6. The smallest absolute Gasteiger partial charge is 0.326 e. The van der Waals surface area contributed by atoms with Crippen LogP contribution in [0.15, 0.2) is 17.5 Å². The van der Waals surface area contributed by atoms with Crippen LogP contribution in [0.1, 0.15) is 18.5 Å². The van der Waals surface area contributed by atoms with Crippen LogP contribution in [0.25, 0.3) is 0 Å². The number of aromatic amines is 1. The second-order valence-corrected chi connectivity index (χ2v) is 7.06. The summed E-state index contributed by atoms with van der Waals surface area (Å²) < 4.78 is 0. The van der Waals surface area contributed by atoms with E-state index in [9.17, 15) is 24.3 Å². The van der Waals surface area contributed by atoms with Crippen molar-refractivity contribution < 1.29 is 24.3 Å². The highest BCUT2D eigenvalue weighted by Gasteiger charge is 2.29. The average molecular weight is 472 g/mol. The maximum Gasteiger partial charge on any atom is 0.326 e. The van der Waals surface area contributed by atoms with E-state index in [-0.39, 0.29) is 37.6 Å². The number of H-pyrrole nitrogens is 1. The van der Waals surface area contributed by atoms with Crippen molar-refractivity contribution >= 4 is 42.3 Å². The van der Waals surface area contributed by atoms with E-state index in [2.05, 4.69) is 43.5 Å².